The van der Waals surface area contributed by atoms with Gasteiger partial charge in [-0.3, -0.25) is 0 Å². The maximum atomic E-state index is 10.6. The summed E-state index contributed by atoms with van der Waals surface area (Å²) in [5.74, 6) is 2.67. The fourth-order valence-electron chi connectivity index (χ4n) is 4.81. The van der Waals surface area contributed by atoms with Crippen LogP contribution in [0.4, 0.5) is 0 Å². The predicted octanol–water partition coefficient (Wildman–Crippen LogP) is 7.47. The highest BCUT2D eigenvalue weighted by Crippen LogP contribution is 2.32. The lowest BCUT2D eigenvalue weighted by molar-refractivity contribution is 0.476. The number of aromatic nitrogens is 6. The van der Waals surface area contributed by atoms with Crippen LogP contribution in [0.1, 0.15) is 0 Å². The van der Waals surface area contributed by atoms with Crippen molar-refractivity contribution in [3.8, 4) is 79.8 Å². The smallest absolute Gasteiger partial charge is 0.167 e. The fourth-order valence-corrected chi connectivity index (χ4v) is 4.81. The molecule has 210 valence electrons. The zero-order valence-corrected chi connectivity index (χ0v) is 23.3. The van der Waals surface area contributed by atoms with E-state index in [-0.39, 0.29) is 11.5 Å². The molecule has 0 bridgehead atoms. The molecule has 0 fully saturated rings. The standard InChI is InChI=1S/C36H24N6O2/c43-29-20-9-7-18-27(29)35-39-31(23-12-3-1-4-13-23)37-33(41-35)25-16-11-17-26(22-25)34-38-32(24-14-5-2-6-15-24)40-36(42-34)28-19-8-10-21-30(28)44/h1-22,43-44H. The average molecular weight is 573 g/mol. The van der Waals surface area contributed by atoms with Crippen LogP contribution in [-0.2, 0) is 0 Å². The van der Waals surface area contributed by atoms with E-state index in [0.717, 1.165) is 11.1 Å². The van der Waals surface area contributed by atoms with Gasteiger partial charge in [0, 0.05) is 22.3 Å². The van der Waals surface area contributed by atoms with Gasteiger partial charge in [-0.1, -0.05) is 103 Å². The summed E-state index contributed by atoms with van der Waals surface area (Å²) in [6.07, 6.45) is 0. The van der Waals surface area contributed by atoms with Crippen LogP contribution in [0.3, 0.4) is 0 Å². The molecular formula is C36H24N6O2. The molecule has 0 saturated carbocycles. The summed E-state index contributed by atoms with van der Waals surface area (Å²) in [6.45, 7) is 0. The summed E-state index contributed by atoms with van der Waals surface area (Å²) in [6, 6.07) is 40.8. The van der Waals surface area contributed by atoms with E-state index in [1.54, 1.807) is 36.4 Å². The van der Waals surface area contributed by atoms with E-state index in [1.165, 1.54) is 0 Å². The van der Waals surface area contributed by atoms with Gasteiger partial charge in [-0.15, -0.1) is 0 Å². The first-order valence-electron chi connectivity index (χ1n) is 13.9. The largest absolute Gasteiger partial charge is 0.507 e. The second-order valence-electron chi connectivity index (χ2n) is 9.96. The number of hydrogen-bond acceptors (Lipinski definition) is 8. The molecule has 8 nitrogen and oxygen atoms in total. The van der Waals surface area contributed by atoms with E-state index in [1.807, 2.05) is 97.1 Å². The number of para-hydroxylation sites is 2. The van der Waals surface area contributed by atoms with Crippen molar-refractivity contribution in [2.75, 3.05) is 0 Å². The number of phenols is 2. The molecular weight excluding hydrogens is 548 g/mol. The summed E-state index contributed by atoms with van der Waals surface area (Å²) >= 11 is 0. The Morgan fingerprint density at radius 3 is 1.02 bits per heavy atom. The third-order valence-corrected chi connectivity index (χ3v) is 7.00. The second kappa shape index (κ2) is 11.5. The van der Waals surface area contributed by atoms with Gasteiger partial charge >= 0.3 is 0 Å². The first-order chi connectivity index (χ1) is 21.6. The summed E-state index contributed by atoms with van der Waals surface area (Å²) in [5, 5.41) is 21.2. The highest BCUT2D eigenvalue weighted by atomic mass is 16.3. The number of rotatable bonds is 6. The van der Waals surface area contributed by atoms with E-state index < -0.39 is 0 Å². The van der Waals surface area contributed by atoms with E-state index in [2.05, 4.69) is 0 Å². The van der Waals surface area contributed by atoms with Crippen molar-refractivity contribution in [1.82, 2.24) is 29.9 Å². The minimum Gasteiger partial charge on any atom is -0.507 e. The number of hydrogen-bond donors (Lipinski definition) is 2. The van der Waals surface area contributed by atoms with Gasteiger partial charge in [0.1, 0.15) is 11.5 Å². The number of nitrogens with zero attached hydrogens (tertiary/aromatic N) is 6. The van der Waals surface area contributed by atoms with Gasteiger partial charge < -0.3 is 10.2 Å². The van der Waals surface area contributed by atoms with Crippen molar-refractivity contribution in [1.29, 1.82) is 0 Å². The Labute approximate surface area is 253 Å². The van der Waals surface area contributed by atoms with Crippen LogP contribution < -0.4 is 0 Å². The molecule has 2 N–H and O–H groups in total. The summed E-state index contributed by atoms with van der Waals surface area (Å²) < 4.78 is 0. The van der Waals surface area contributed by atoms with Crippen LogP contribution in [0.5, 0.6) is 11.5 Å². The van der Waals surface area contributed by atoms with E-state index in [4.69, 9.17) is 29.9 Å². The first kappa shape index (κ1) is 26.6. The quantitative estimate of drug-likeness (QED) is 0.211. The first-order valence-corrected chi connectivity index (χ1v) is 13.9. The van der Waals surface area contributed by atoms with Gasteiger partial charge in [0.2, 0.25) is 0 Å². The van der Waals surface area contributed by atoms with Crippen molar-refractivity contribution in [2.24, 2.45) is 0 Å². The molecule has 0 saturated heterocycles. The lowest BCUT2D eigenvalue weighted by atomic mass is 10.1. The zero-order chi connectivity index (χ0) is 29.9. The molecule has 0 atom stereocenters. The number of benzene rings is 5. The lowest BCUT2D eigenvalue weighted by Crippen LogP contribution is -2.02. The van der Waals surface area contributed by atoms with Crippen molar-refractivity contribution in [3.05, 3.63) is 133 Å². The van der Waals surface area contributed by atoms with Gasteiger partial charge in [0.05, 0.1) is 11.1 Å². The normalized spacial score (nSPS) is 10.9. The van der Waals surface area contributed by atoms with Gasteiger partial charge in [0.15, 0.2) is 34.9 Å². The Morgan fingerprint density at radius 1 is 0.295 bits per heavy atom. The van der Waals surface area contributed by atoms with E-state index in [0.29, 0.717) is 57.2 Å². The monoisotopic (exact) mass is 572 g/mol. The number of phenolic OH excluding ortho intramolecular Hbond substituents is 2. The van der Waals surface area contributed by atoms with E-state index in [9.17, 15) is 10.2 Å². The highest BCUT2D eigenvalue weighted by Gasteiger charge is 2.17. The maximum Gasteiger partial charge on any atom is 0.167 e. The summed E-state index contributed by atoms with van der Waals surface area (Å²) in [5.41, 5.74) is 4.07. The van der Waals surface area contributed by atoms with Crippen LogP contribution in [-0.4, -0.2) is 40.1 Å². The SMILES string of the molecule is Oc1ccccc1-c1nc(-c2ccccc2)nc(-c2cccc(-c3nc(-c4ccccc4)nc(-c4ccccc4O)n3)c2)n1. The Kier molecular flexibility index (Phi) is 6.98. The molecule has 0 aliphatic carbocycles. The van der Waals surface area contributed by atoms with Gasteiger partial charge in [-0.2, -0.15) is 0 Å². The highest BCUT2D eigenvalue weighted by molar-refractivity contribution is 5.74. The van der Waals surface area contributed by atoms with Gasteiger partial charge in [-0.05, 0) is 30.3 Å². The third-order valence-electron chi connectivity index (χ3n) is 7.00. The molecule has 0 aliphatic rings. The Bertz CT molecular complexity index is 1960. The topological polar surface area (TPSA) is 118 Å². The summed E-state index contributed by atoms with van der Waals surface area (Å²) in [4.78, 5) is 28.6. The molecule has 8 heteroatoms. The lowest BCUT2D eigenvalue weighted by Gasteiger charge is -2.11. The van der Waals surface area contributed by atoms with Crippen molar-refractivity contribution < 1.29 is 10.2 Å². The number of aromatic hydroxyl groups is 2. The Morgan fingerprint density at radius 2 is 0.614 bits per heavy atom. The molecule has 7 rings (SSSR count). The Hall–Kier alpha value is -6.28. The Balaban J connectivity index is 1.39. The molecule has 0 amide bonds. The molecule has 44 heavy (non-hydrogen) atoms. The minimum absolute atomic E-state index is 0.0766. The summed E-state index contributed by atoms with van der Waals surface area (Å²) in [7, 11) is 0. The predicted molar refractivity (Wildman–Crippen MR) is 169 cm³/mol. The average Bonchev–Trinajstić information content (AvgIpc) is 3.09. The van der Waals surface area contributed by atoms with Gasteiger partial charge in [0.25, 0.3) is 0 Å². The van der Waals surface area contributed by atoms with Crippen molar-refractivity contribution in [2.45, 2.75) is 0 Å². The van der Waals surface area contributed by atoms with Crippen LogP contribution in [0, 0.1) is 0 Å². The fraction of sp³-hybridized carbons (Fsp3) is 0. The molecule has 7 aromatic rings. The zero-order valence-electron chi connectivity index (χ0n) is 23.3. The van der Waals surface area contributed by atoms with Crippen LogP contribution in [0.15, 0.2) is 133 Å². The molecule has 5 aromatic carbocycles. The molecule has 0 radical (unpaired) electrons. The molecule has 0 unspecified atom stereocenters. The third kappa shape index (κ3) is 5.35. The van der Waals surface area contributed by atoms with Crippen molar-refractivity contribution >= 4 is 0 Å². The van der Waals surface area contributed by atoms with Crippen LogP contribution in [0.2, 0.25) is 0 Å². The van der Waals surface area contributed by atoms with E-state index >= 15 is 0 Å². The molecule has 0 spiro atoms. The van der Waals surface area contributed by atoms with Crippen LogP contribution in [0.25, 0.3) is 68.3 Å². The molecule has 2 aromatic heterocycles. The van der Waals surface area contributed by atoms with Crippen LogP contribution >= 0.6 is 0 Å². The molecule has 0 aliphatic heterocycles. The minimum atomic E-state index is 0.0766. The second-order valence-corrected chi connectivity index (χ2v) is 9.96. The molecule has 2 heterocycles. The van der Waals surface area contributed by atoms with Gasteiger partial charge in [-0.25, -0.2) is 29.9 Å². The maximum absolute atomic E-state index is 10.6. The van der Waals surface area contributed by atoms with Crippen molar-refractivity contribution in [3.63, 3.8) is 0 Å².